The normalized spacial score (nSPS) is 6.59. The summed E-state index contributed by atoms with van der Waals surface area (Å²) < 4.78 is 33.1. The number of carbonyl (C=O) groups excluding carboxylic acids is 1. The van der Waals surface area contributed by atoms with E-state index in [4.69, 9.17) is 5.11 Å². The van der Waals surface area contributed by atoms with Gasteiger partial charge >= 0.3 is 0 Å². The first kappa shape index (κ1) is 78.6. The fourth-order valence-electron chi connectivity index (χ4n) is 0. The Morgan fingerprint density at radius 3 is 0.897 bits per heavy atom. The van der Waals surface area contributed by atoms with Crippen LogP contribution in [0.15, 0.2) is 0 Å². The molecule has 196 valence electrons. The van der Waals surface area contributed by atoms with Crippen molar-refractivity contribution in [3.8, 4) is 0 Å². The molecule has 0 saturated heterocycles. The lowest BCUT2D eigenvalue weighted by atomic mass is 10.5. The molecule has 0 atom stereocenters. The van der Waals surface area contributed by atoms with E-state index in [9.17, 15) is 17.4 Å². The number of ether oxygens (including phenoxy) is 1. The van der Waals surface area contributed by atoms with Crippen molar-refractivity contribution >= 4 is 38.2 Å². The molecular weight excluding hydrogens is 432 g/mol. The third-order valence-corrected chi connectivity index (χ3v) is 0. The van der Waals surface area contributed by atoms with E-state index in [2.05, 4.69) is 4.74 Å². The van der Waals surface area contributed by atoms with Crippen molar-refractivity contribution < 1.29 is 27.3 Å². The topological polar surface area (TPSA) is 97.7 Å². The number of ketones is 1. The first-order valence-corrected chi connectivity index (χ1v) is 12.3. The van der Waals surface area contributed by atoms with Crippen LogP contribution < -0.4 is 0 Å². The van der Waals surface area contributed by atoms with E-state index in [1.807, 2.05) is 12.5 Å². The number of Topliss-reactive ketones (excluding diaryl/α,β-unsaturated/α-hetero) is 1. The van der Waals surface area contributed by atoms with Gasteiger partial charge in [0.1, 0.15) is 15.6 Å². The second-order valence-electron chi connectivity index (χ2n) is 4.70. The van der Waals surface area contributed by atoms with Crippen LogP contribution in [-0.4, -0.2) is 81.4 Å². The highest BCUT2D eigenvalue weighted by Gasteiger charge is 1.79. The van der Waals surface area contributed by atoms with Crippen molar-refractivity contribution in [1.82, 2.24) is 0 Å². The summed E-state index contributed by atoms with van der Waals surface area (Å²) in [6, 6.07) is 0. The summed E-state index contributed by atoms with van der Waals surface area (Å²) in [7, 11) is -0.0278. The monoisotopic (exact) mass is 494 g/mol. The quantitative estimate of drug-likeness (QED) is 0.461. The second-order valence-corrected chi connectivity index (χ2v) is 9.29. The van der Waals surface area contributed by atoms with E-state index >= 15 is 0 Å². The SMILES string of the molecule is C.C.C.C.C.C.CC(C)=O.CC(C)O.COC.CS(C)(=O)=O.CS(C)=O.CSC. The van der Waals surface area contributed by atoms with Gasteiger partial charge in [0.15, 0.2) is 0 Å². The average molecular weight is 495 g/mol. The largest absolute Gasteiger partial charge is 0.394 e. The fourth-order valence-corrected chi connectivity index (χ4v) is 0. The molecule has 0 fully saturated rings. The molecule has 0 unspecified atom stereocenters. The molecule has 29 heavy (non-hydrogen) atoms. The molecule has 0 spiro atoms. The predicted octanol–water partition coefficient (Wildman–Crippen LogP) is 5.70. The average Bonchev–Trinajstić information content (AvgIpc) is 2.12. The first-order valence-electron chi connectivity index (χ1n) is 6.38. The molecule has 6 nitrogen and oxygen atoms in total. The van der Waals surface area contributed by atoms with Gasteiger partial charge in [0.2, 0.25) is 0 Å². The number of hydrogen-bond donors (Lipinski definition) is 1. The summed E-state index contributed by atoms with van der Waals surface area (Å²) in [5.74, 6) is 0.167. The zero-order chi connectivity index (χ0) is 20.6. The van der Waals surface area contributed by atoms with Gasteiger partial charge in [-0.25, -0.2) is 8.42 Å². The van der Waals surface area contributed by atoms with Crippen LogP contribution in [0, 0.1) is 0 Å². The van der Waals surface area contributed by atoms with Gasteiger partial charge < -0.3 is 14.6 Å². The second kappa shape index (κ2) is 70.6. The van der Waals surface area contributed by atoms with E-state index in [0.717, 1.165) is 12.5 Å². The standard InChI is InChI=1S/C3H8O.C3H6O.C2H6O2S.C2H6OS.C2H6O.C2H6S.6CH4/c2*1-3(2)4;1-5(2,3)4;1-4(2)3;2*1-3-2;;;;;;/h3-4H,1-2H3;1-2H3;1-2H3;1-2H3;2*1-2H3;6*1H4. The first-order chi connectivity index (χ1) is 10.0. The molecule has 0 aliphatic rings. The maximum absolute atomic E-state index is 9.63. The summed E-state index contributed by atoms with van der Waals surface area (Å²) in [6.07, 6.45) is 9.51. The molecule has 0 saturated carbocycles. The lowest BCUT2D eigenvalue weighted by molar-refractivity contribution is -0.115. The van der Waals surface area contributed by atoms with Gasteiger partial charge in [-0.15, -0.1) is 0 Å². The number of rotatable bonds is 0. The van der Waals surface area contributed by atoms with E-state index in [1.54, 1.807) is 52.3 Å². The van der Waals surface area contributed by atoms with Crippen molar-refractivity contribution in [3.05, 3.63) is 0 Å². The predicted molar refractivity (Wildman–Crippen MR) is 147 cm³/mol. The van der Waals surface area contributed by atoms with Gasteiger partial charge in [0.05, 0.1) is 0 Å². The Balaban J connectivity index is -0.0000000116. The number of sulfone groups is 1. The van der Waals surface area contributed by atoms with Crippen LogP contribution in [-0.2, 0) is 30.2 Å². The molecule has 1 N–H and O–H groups in total. The molecule has 0 rings (SSSR count). The molecule has 0 aliphatic heterocycles. The van der Waals surface area contributed by atoms with Gasteiger partial charge in [-0.3, -0.25) is 4.21 Å². The van der Waals surface area contributed by atoms with E-state index in [0.29, 0.717) is 0 Å². The Kier molecular flexibility index (Phi) is 191. The summed E-state index contributed by atoms with van der Waals surface area (Å²) in [6.45, 7) is 6.50. The van der Waals surface area contributed by atoms with Gasteiger partial charge in [0, 0.05) is 56.1 Å². The summed E-state index contributed by atoms with van der Waals surface area (Å²) >= 11 is 1.75. The molecule has 0 heterocycles. The number of methoxy groups -OCH3 is 1. The smallest absolute Gasteiger partial charge is 0.144 e. The van der Waals surface area contributed by atoms with Crippen LogP contribution >= 0.6 is 11.8 Å². The zero-order valence-electron chi connectivity index (χ0n) is 16.8. The Morgan fingerprint density at radius 1 is 0.897 bits per heavy atom. The number of carbonyl (C=O) groups is 1. The van der Waals surface area contributed by atoms with Crippen LogP contribution in [0.3, 0.4) is 0 Å². The highest BCUT2D eigenvalue weighted by Crippen LogP contribution is 1.70. The molecule has 0 aromatic rings. The molecular formula is C20H62O6S3. The van der Waals surface area contributed by atoms with Crippen LogP contribution in [0.25, 0.3) is 0 Å². The van der Waals surface area contributed by atoms with Gasteiger partial charge in [-0.1, -0.05) is 44.6 Å². The Hall–Kier alpha value is 0.0400. The van der Waals surface area contributed by atoms with Gasteiger partial charge in [-0.2, -0.15) is 11.8 Å². The number of thioether (sulfide) groups is 1. The minimum Gasteiger partial charge on any atom is -0.394 e. The highest BCUT2D eigenvalue weighted by molar-refractivity contribution is 7.97. The molecule has 0 aromatic carbocycles. The number of aliphatic hydroxyl groups excluding tert-OH is 1. The molecule has 0 aromatic heterocycles. The minimum atomic E-state index is -2.67. The summed E-state index contributed by atoms with van der Waals surface area (Å²) in [5, 5.41) is 8.06. The molecule has 0 radical (unpaired) electrons. The lowest BCUT2D eigenvalue weighted by Crippen LogP contribution is -1.86. The van der Waals surface area contributed by atoms with Crippen molar-refractivity contribution in [2.45, 2.75) is 78.4 Å². The van der Waals surface area contributed by atoms with E-state index in [-0.39, 0.29) is 56.4 Å². The zero-order valence-corrected chi connectivity index (χ0v) is 19.2. The van der Waals surface area contributed by atoms with Crippen molar-refractivity contribution in [2.24, 2.45) is 0 Å². The van der Waals surface area contributed by atoms with Gasteiger partial charge in [0.25, 0.3) is 0 Å². The third kappa shape index (κ3) is 11900000. The van der Waals surface area contributed by atoms with Crippen molar-refractivity contribution in [2.75, 3.05) is 51.8 Å². The fraction of sp³-hybridized carbons (Fsp3) is 0.950. The lowest BCUT2D eigenvalue weighted by Gasteiger charge is -1.80. The molecule has 9 heteroatoms. The Labute approximate surface area is 195 Å². The van der Waals surface area contributed by atoms with Crippen molar-refractivity contribution in [1.29, 1.82) is 0 Å². The van der Waals surface area contributed by atoms with Crippen LogP contribution in [0.5, 0.6) is 0 Å². The highest BCUT2D eigenvalue weighted by atomic mass is 32.2. The molecule has 0 bridgehead atoms. The molecule has 0 amide bonds. The van der Waals surface area contributed by atoms with Crippen molar-refractivity contribution in [3.63, 3.8) is 0 Å². The minimum absolute atomic E-state index is 0. The van der Waals surface area contributed by atoms with E-state index < -0.39 is 20.6 Å². The third-order valence-electron chi connectivity index (χ3n) is 0. The maximum atomic E-state index is 9.63. The maximum Gasteiger partial charge on any atom is 0.144 e. The van der Waals surface area contributed by atoms with Crippen LogP contribution in [0.4, 0.5) is 0 Å². The summed E-state index contributed by atoms with van der Waals surface area (Å²) in [5.41, 5.74) is 0. The Bertz CT molecular complexity index is 285. The Morgan fingerprint density at radius 2 is 0.897 bits per heavy atom. The van der Waals surface area contributed by atoms with Crippen LogP contribution in [0.2, 0.25) is 0 Å². The summed E-state index contributed by atoms with van der Waals surface area (Å²) in [4.78, 5) is 9.44. The number of hydrogen-bond acceptors (Lipinski definition) is 7. The van der Waals surface area contributed by atoms with Crippen LogP contribution in [0.1, 0.15) is 72.3 Å². The van der Waals surface area contributed by atoms with E-state index in [1.165, 1.54) is 13.8 Å². The molecule has 0 aliphatic carbocycles. The van der Waals surface area contributed by atoms with Gasteiger partial charge in [-0.05, 0) is 40.2 Å². The number of aliphatic hydroxyl groups is 1.